The topological polar surface area (TPSA) is 32.7 Å². The van der Waals surface area contributed by atoms with Gasteiger partial charge < -0.3 is 9.84 Å². The molecular weight excluding hydrogens is 250 g/mol. The lowest BCUT2D eigenvalue weighted by atomic mass is 9.80. The van der Waals surface area contributed by atoms with Crippen molar-refractivity contribution in [1.82, 2.24) is 4.90 Å². The summed E-state index contributed by atoms with van der Waals surface area (Å²) in [5.41, 5.74) is 0.132. The molecule has 120 valence electrons. The maximum atomic E-state index is 10.0. The third kappa shape index (κ3) is 5.34. The SMILES string of the molecule is CCC(CC)N(CCOC)CC1(CO)CCCCCC1. The fourth-order valence-corrected chi connectivity index (χ4v) is 3.68. The fourth-order valence-electron chi connectivity index (χ4n) is 3.68. The van der Waals surface area contributed by atoms with E-state index in [-0.39, 0.29) is 5.41 Å². The number of rotatable bonds is 9. The average Bonchev–Trinajstić information content (AvgIpc) is 2.72. The van der Waals surface area contributed by atoms with E-state index in [0.29, 0.717) is 12.6 Å². The summed E-state index contributed by atoms with van der Waals surface area (Å²) in [7, 11) is 1.78. The molecule has 1 rings (SSSR count). The van der Waals surface area contributed by atoms with Gasteiger partial charge in [0.25, 0.3) is 0 Å². The second kappa shape index (κ2) is 9.75. The molecule has 0 amide bonds. The van der Waals surface area contributed by atoms with Crippen LogP contribution < -0.4 is 0 Å². The smallest absolute Gasteiger partial charge is 0.0589 e. The summed E-state index contributed by atoms with van der Waals surface area (Å²) in [6.45, 7) is 7.71. The van der Waals surface area contributed by atoms with Crippen molar-refractivity contribution in [3.63, 3.8) is 0 Å². The molecule has 1 aliphatic carbocycles. The van der Waals surface area contributed by atoms with E-state index in [1.165, 1.54) is 51.4 Å². The van der Waals surface area contributed by atoms with Crippen LogP contribution in [0.25, 0.3) is 0 Å². The Morgan fingerprint density at radius 2 is 1.70 bits per heavy atom. The van der Waals surface area contributed by atoms with Gasteiger partial charge in [0.1, 0.15) is 0 Å². The molecule has 1 aliphatic rings. The van der Waals surface area contributed by atoms with E-state index in [1.54, 1.807) is 7.11 Å². The summed E-state index contributed by atoms with van der Waals surface area (Å²) in [5, 5.41) is 10.0. The van der Waals surface area contributed by atoms with Crippen LogP contribution in [0.4, 0.5) is 0 Å². The molecule has 3 heteroatoms. The van der Waals surface area contributed by atoms with Gasteiger partial charge in [0.15, 0.2) is 0 Å². The highest BCUT2D eigenvalue weighted by Gasteiger charge is 2.33. The molecule has 0 bridgehead atoms. The van der Waals surface area contributed by atoms with E-state index in [0.717, 1.165) is 19.7 Å². The van der Waals surface area contributed by atoms with Gasteiger partial charge in [0.05, 0.1) is 6.61 Å². The Kier molecular flexibility index (Phi) is 8.74. The Morgan fingerprint density at radius 3 is 2.15 bits per heavy atom. The van der Waals surface area contributed by atoms with Crippen LogP contribution in [-0.2, 0) is 4.74 Å². The molecule has 1 fully saturated rings. The minimum absolute atomic E-state index is 0.132. The molecule has 20 heavy (non-hydrogen) atoms. The number of aliphatic hydroxyl groups is 1. The lowest BCUT2D eigenvalue weighted by Crippen LogP contribution is -2.46. The largest absolute Gasteiger partial charge is 0.396 e. The maximum Gasteiger partial charge on any atom is 0.0589 e. The molecule has 0 radical (unpaired) electrons. The molecule has 0 atom stereocenters. The Balaban J connectivity index is 2.72. The first-order valence-corrected chi connectivity index (χ1v) is 8.55. The van der Waals surface area contributed by atoms with Crippen LogP contribution in [0, 0.1) is 5.41 Å². The second-order valence-electron chi connectivity index (χ2n) is 6.51. The Labute approximate surface area is 125 Å². The normalized spacial score (nSPS) is 19.5. The van der Waals surface area contributed by atoms with Crippen molar-refractivity contribution >= 4 is 0 Å². The van der Waals surface area contributed by atoms with Gasteiger partial charge >= 0.3 is 0 Å². The molecule has 0 aliphatic heterocycles. The van der Waals surface area contributed by atoms with E-state index < -0.39 is 0 Å². The summed E-state index contributed by atoms with van der Waals surface area (Å²) in [6, 6.07) is 0.622. The highest BCUT2D eigenvalue weighted by molar-refractivity contribution is 4.86. The Hall–Kier alpha value is -0.120. The van der Waals surface area contributed by atoms with Gasteiger partial charge in [-0.15, -0.1) is 0 Å². The molecule has 0 spiro atoms. The number of ether oxygens (including phenoxy) is 1. The first-order chi connectivity index (χ1) is 9.71. The first-order valence-electron chi connectivity index (χ1n) is 8.55. The minimum Gasteiger partial charge on any atom is -0.396 e. The Bertz CT molecular complexity index is 233. The van der Waals surface area contributed by atoms with Gasteiger partial charge in [-0.25, -0.2) is 0 Å². The lowest BCUT2D eigenvalue weighted by Gasteiger charge is -2.40. The van der Waals surface area contributed by atoms with Crippen molar-refractivity contribution in [3.05, 3.63) is 0 Å². The Morgan fingerprint density at radius 1 is 1.10 bits per heavy atom. The fraction of sp³-hybridized carbons (Fsp3) is 1.00. The molecule has 1 saturated carbocycles. The summed E-state index contributed by atoms with van der Waals surface area (Å²) in [4.78, 5) is 2.57. The second-order valence-corrected chi connectivity index (χ2v) is 6.51. The van der Waals surface area contributed by atoms with Gasteiger partial charge in [-0.3, -0.25) is 4.90 Å². The van der Waals surface area contributed by atoms with E-state index >= 15 is 0 Å². The third-order valence-corrected chi connectivity index (χ3v) is 5.08. The quantitative estimate of drug-likeness (QED) is 0.659. The van der Waals surface area contributed by atoms with Gasteiger partial charge in [-0.05, 0) is 25.7 Å². The van der Waals surface area contributed by atoms with Crippen LogP contribution in [0.2, 0.25) is 0 Å². The van der Waals surface area contributed by atoms with Crippen LogP contribution in [-0.4, -0.2) is 49.5 Å². The van der Waals surface area contributed by atoms with Crippen molar-refractivity contribution in [3.8, 4) is 0 Å². The van der Waals surface area contributed by atoms with Crippen molar-refractivity contribution in [2.24, 2.45) is 5.41 Å². The first kappa shape index (κ1) is 17.9. The highest BCUT2D eigenvalue weighted by atomic mass is 16.5. The minimum atomic E-state index is 0.132. The number of hydrogen-bond acceptors (Lipinski definition) is 3. The highest BCUT2D eigenvalue weighted by Crippen LogP contribution is 2.36. The zero-order valence-electron chi connectivity index (χ0n) is 13.9. The van der Waals surface area contributed by atoms with Crippen LogP contribution >= 0.6 is 0 Å². The molecule has 1 N–H and O–H groups in total. The zero-order valence-corrected chi connectivity index (χ0v) is 13.9. The molecule has 0 aromatic carbocycles. The summed E-state index contributed by atoms with van der Waals surface area (Å²) < 4.78 is 5.29. The van der Waals surface area contributed by atoms with Crippen LogP contribution in [0.15, 0.2) is 0 Å². The molecule has 0 aromatic rings. The third-order valence-electron chi connectivity index (χ3n) is 5.08. The molecule has 0 unspecified atom stereocenters. The van der Waals surface area contributed by atoms with Crippen LogP contribution in [0.3, 0.4) is 0 Å². The predicted molar refractivity (Wildman–Crippen MR) is 85.0 cm³/mol. The van der Waals surface area contributed by atoms with E-state index in [9.17, 15) is 5.11 Å². The van der Waals surface area contributed by atoms with Gasteiger partial charge in [0.2, 0.25) is 0 Å². The van der Waals surface area contributed by atoms with Crippen molar-refractivity contribution < 1.29 is 9.84 Å². The number of methoxy groups -OCH3 is 1. The standard InChI is InChI=1S/C17H35NO2/c1-4-16(5-2)18(12-13-20-3)14-17(15-19)10-8-6-7-9-11-17/h16,19H,4-15H2,1-3H3. The van der Waals surface area contributed by atoms with Crippen molar-refractivity contribution in [2.45, 2.75) is 71.3 Å². The van der Waals surface area contributed by atoms with E-state index in [4.69, 9.17) is 4.74 Å². The van der Waals surface area contributed by atoms with E-state index in [1.807, 2.05) is 0 Å². The predicted octanol–water partition coefficient (Wildman–Crippen LogP) is 3.46. The van der Waals surface area contributed by atoms with Crippen molar-refractivity contribution in [1.29, 1.82) is 0 Å². The summed E-state index contributed by atoms with van der Waals surface area (Å²) in [5.74, 6) is 0. The molecule has 0 saturated heterocycles. The van der Waals surface area contributed by atoms with Crippen LogP contribution in [0.5, 0.6) is 0 Å². The number of hydrogen-bond donors (Lipinski definition) is 1. The summed E-state index contributed by atoms with van der Waals surface area (Å²) in [6.07, 6.45) is 9.97. The van der Waals surface area contributed by atoms with Gasteiger partial charge in [0, 0.05) is 38.3 Å². The van der Waals surface area contributed by atoms with E-state index in [2.05, 4.69) is 18.7 Å². The number of aliphatic hydroxyl groups excluding tert-OH is 1. The molecule has 0 aromatic heterocycles. The maximum absolute atomic E-state index is 10.0. The van der Waals surface area contributed by atoms with Crippen molar-refractivity contribution in [2.75, 3.05) is 33.4 Å². The monoisotopic (exact) mass is 285 g/mol. The van der Waals surface area contributed by atoms with Gasteiger partial charge in [-0.1, -0.05) is 39.5 Å². The molecule has 0 heterocycles. The number of nitrogens with zero attached hydrogens (tertiary/aromatic N) is 1. The van der Waals surface area contributed by atoms with Gasteiger partial charge in [-0.2, -0.15) is 0 Å². The summed E-state index contributed by atoms with van der Waals surface area (Å²) >= 11 is 0. The molecular formula is C17H35NO2. The van der Waals surface area contributed by atoms with Crippen LogP contribution in [0.1, 0.15) is 65.2 Å². The average molecular weight is 285 g/mol. The lowest BCUT2D eigenvalue weighted by molar-refractivity contribution is 0.0265. The molecule has 3 nitrogen and oxygen atoms in total. The zero-order chi connectivity index (χ0) is 14.8.